The van der Waals surface area contributed by atoms with E-state index in [-0.39, 0.29) is 17.8 Å². The van der Waals surface area contributed by atoms with Gasteiger partial charge in [-0.25, -0.2) is 9.37 Å². The Labute approximate surface area is 226 Å². The number of ether oxygens (including phenoxy) is 2. The molecule has 0 bridgehead atoms. The van der Waals surface area contributed by atoms with E-state index in [1.807, 2.05) is 7.05 Å². The molecule has 2 N–H and O–H groups in total. The number of hydrogen-bond acceptors (Lipinski definition) is 8. The molecule has 0 aliphatic heterocycles. The van der Waals surface area contributed by atoms with Crippen molar-refractivity contribution < 1.29 is 36.4 Å². The topological polar surface area (TPSA) is 111 Å². The van der Waals surface area contributed by atoms with Crippen molar-refractivity contribution in [1.29, 1.82) is 0 Å². The lowest BCUT2D eigenvalue weighted by molar-refractivity contribution is -0.185. The fourth-order valence-corrected chi connectivity index (χ4v) is 3.67. The number of anilines is 1. The Kier molecular flexibility index (Phi) is 8.24. The van der Waals surface area contributed by atoms with Gasteiger partial charge in [0, 0.05) is 30.3 Å². The molecule has 0 saturated heterocycles. The van der Waals surface area contributed by atoms with Gasteiger partial charge in [-0.15, -0.1) is 0 Å². The highest BCUT2D eigenvalue weighted by Crippen LogP contribution is 2.41. The first-order chi connectivity index (χ1) is 18.9. The van der Waals surface area contributed by atoms with Crippen LogP contribution in [0.25, 0.3) is 22.3 Å². The molecule has 0 fully saturated rings. The molecule has 0 spiro atoms. The normalized spacial score (nSPS) is 12.0. The molecule has 4 aromatic rings. The third-order valence-electron chi connectivity index (χ3n) is 6.24. The van der Waals surface area contributed by atoms with Crippen molar-refractivity contribution in [2.24, 2.45) is 0 Å². The summed E-state index contributed by atoms with van der Waals surface area (Å²) in [5.74, 6) is -1.01. The quantitative estimate of drug-likeness (QED) is 0.204. The molecule has 40 heavy (non-hydrogen) atoms. The highest BCUT2D eigenvalue weighted by molar-refractivity contribution is 5.91. The Morgan fingerprint density at radius 3 is 2.50 bits per heavy atom. The third-order valence-corrected chi connectivity index (χ3v) is 6.24. The summed E-state index contributed by atoms with van der Waals surface area (Å²) in [5.41, 5.74) is -0.327. The highest BCUT2D eigenvalue weighted by Gasteiger charge is 2.51. The number of methoxy groups -OCH3 is 1. The standard InChI is InChI=1S/C27H27F4N5O4/c1-26(2,27(29,30)31)23-13-24(36-40-23)35-25(37)10-15-5-6-16(9-17(15)28)20-14-33-18-11-21(38-4)22(12-19(18)34-20)39-8-7-32-3/h5-6,9,11-14,32H,7-8,10H2,1-4H3,(H,35,36,37). The average Bonchev–Trinajstić information content (AvgIpc) is 3.37. The number of benzene rings is 2. The molecule has 13 heteroatoms. The maximum atomic E-state index is 14.9. The molecule has 0 aliphatic carbocycles. The highest BCUT2D eigenvalue weighted by atomic mass is 19.4. The van der Waals surface area contributed by atoms with Crippen LogP contribution in [0, 0.1) is 5.82 Å². The molecule has 0 saturated carbocycles. The second kappa shape index (κ2) is 11.5. The van der Waals surface area contributed by atoms with Crippen LogP contribution < -0.4 is 20.1 Å². The average molecular weight is 562 g/mol. The molecule has 9 nitrogen and oxygen atoms in total. The first-order valence-electron chi connectivity index (χ1n) is 12.2. The maximum Gasteiger partial charge on any atom is 0.401 e. The Hall–Kier alpha value is -4.26. The van der Waals surface area contributed by atoms with Gasteiger partial charge < -0.3 is 24.6 Å². The summed E-state index contributed by atoms with van der Waals surface area (Å²) in [6, 6.07) is 8.64. The minimum atomic E-state index is -4.58. The van der Waals surface area contributed by atoms with E-state index in [9.17, 15) is 22.4 Å². The molecule has 0 atom stereocenters. The number of aromatic nitrogens is 3. The lowest BCUT2D eigenvalue weighted by Gasteiger charge is -2.24. The maximum absolute atomic E-state index is 14.9. The predicted octanol–water partition coefficient (Wildman–Crippen LogP) is 5.05. The number of alkyl halides is 3. The van der Waals surface area contributed by atoms with Gasteiger partial charge in [0.2, 0.25) is 5.91 Å². The van der Waals surface area contributed by atoms with Crippen LogP contribution >= 0.6 is 0 Å². The predicted molar refractivity (Wildman–Crippen MR) is 139 cm³/mol. The van der Waals surface area contributed by atoms with E-state index in [4.69, 9.17) is 14.0 Å². The van der Waals surface area contributed by atoms with Gasteiger partial charge >= 0.3 is 6.18 Å². The van der Waals surface area contributed by atoms with Gasteiger partial charge in [-0.1, -0.05) is 17.3 Å². The second-order valence-corrected chi connectivity index (χ2v) is 9.43. The Balaban J connectivity index is 1.49. The van der Waals surface area contributed by atoms with Crippen LogP contribution in [0.2, 0.25) is 0 Å². The Morgan fingerprint density at radius 1 is 1.07 bits per heavy atom. The number of carbonyl (C=O) groups is 1. The Bertz CT molecular complexity index is 1520. The number of hydrogen-bond donors (Lipinski definition) is 2. The van der Waals surface area contributed by atoms with Crippen molar-refractivity contribution >= 4 is 22.8 Å². The number of nitrogens with one attached hydrogen (secondary N) is 2. The molecular formula is C27H27F4N5O4. The van der Waals surface area contributed by atoms with E-state index in [2.05, 4.69) is 25.8 Å². The van der Waals surface area contributed by atoms with Gasteiger partial charge in [-0.05, 0) is 32.5 Å². The van der Waals surface area contributed by atoms with Crippen LogP contribution in [-0.4, -0.2) is 54.5 Å². The molecule has 212 valence electrons. The monoisotopic (exact) mass is 561 g/mol. The molecule has 2 aromatic carbocycles. The number of likely N-dealkylation sites (N-methyl/N-ethyl adjacent to an activating group) is 1. The smallest absolute Gasteiger partial charge is 0.401 e. The van der Waals surface area contributed by atoms with E-state index in [1.165, 1.54) is 25.4 Å². The van der Waals surface area contributed by atoms with Gasteiger partial charge in [-0.3, -0.25) is 9.78 Å². The first kappa shape index (κ1) is 28.7. The van der Waals surface area contributed by atoms with Crippen LogP contribution in [0.5, 0.6) is 11.5 Å². The van der Waals surface area contributed by atoms with Crippen molar-refractivity contribution in [3.05, 3.63) is 59.7 Å². The van der Waals surface area contributed by atoms with Gasteiger partial charge in [0.1, 0.15) is 17.8 Å². The van der Waals surface area contributed by atoms with Crippen molar-refractivity contribution in [3.8, 4) is 22.8 Å². The van der Waals surface area contributed by atoms with Crippen molar-refractivity contribution in [2.75, 3.05) is 32.6 Å². The summed E-state index contributed by atoms with van der Waals surface area (Å²) in [6.45, 7) is 2.91. The number of fused-ring (bicyclic) bond motifs is 1. The van der Waals surface area contributed by atoms with E-state index >= 15 is 0 Å². The summed E-state index contributed by atoms with van der Waals surface area (Å²) in [7, 11) is 3.33. The van der Waals surface area contributed by atoms with Crippen LogP contribution in [0.15, 0.2) is 47.1 Å². The van der Waals surface area contributed by atoms with E-state index in [1.54, 1.807) is 18.2 Å². The van der Waals surface area contributed by atoms with Crippen LogP contribution in [0.1, 0.15) is 25.2 Å². The van der Waals surface area contributed by atoms with Crippen LogP contribution in [0.4, 0.5) is 23.4 Å². The number of nitrogens with zero attached hydrogens (tertiary/aromatic N) is 3. The lowest BCUT2D eigenvalue weighted by atomic mass is 9.89. The van der Waals surface area contributed by atoms with Gasteiger partial charge in [0.25, 0.3) is 0 Å². The third kappa shape index (κ3) is 6.14. The van der Waals surface area contributed by atoms with Crippen LogP contribution in [0.3, 0.4) is 0 Å². The fraction of sp³-hybridized carbons (Fsp3) is 0.333. The lowest BCUT2D eigenvalue weighted by Crippen LogP contribution is -2.35. The van der Waals surface area contributed by atoms with Crippen molar-refractivity contribution in [3.63, 3.8) is 0 Å². The summed E-state index contributed by atoms with van der Waals surface area (Å²) in [5, 5.41) is 8.80. The van der Waals surface area contributed by atoms with E-state index < -0.39 is 29.1 Å². The number of halogens is 4. The number of rotatable bonds is 10. The van der Waals surface area contributed by atoms with Crippen LogP contribution in [-0.2, 0) is 16.6 Å². The largest absolute Gasteiger partial charge is 0.493 e. The van der Waals surface area contributed by atoms with Gasteiger partial charge in [-0.2, -0.15) is 13.2 Å². The zero-order valence-corrected chi connectivity index (χ0v) is 22.1. The molecule has 1 amide bonds. The molecule has 0 unspecified atom stereocenters. The van der Waals surface area contributed by atoms with Crippen molar-refractivity contribution in [2.45, 2.75) is 31.9 Å². The molecule has 0 radical (unpaired) electrons. The molecule has 4 rings (SSSR count). The van der Waals surface area contributed by atoms with Gasteiger partial charge in [0.05, 0.1) is 36.5 Å². The van der Waals surface area contributed by atoms with Gasteiger partial charge in [0.15, 0.2) is 23.1 Å². The van der Waals surface area contributed by atoms with E-state index in [0.717, 1.165) is 19.9 Å². The number of carbonyl (C=O) groups excluding carboxylic acids is 1. The molecule has 0 aliphatic rings. The number of amides is 1. The summed E-state index contributed by atoms with van der Waals surface area (Å²) in [6.07, 6.45) is -3.47. The second-order valence-electron chi connectivity index (χ2n) is 9.43. The zero-order valence-electron chi connectivity index (χ0n) is 22.1. The first-order valence-corrected chi connectivity index (χ1v) is 12.2. The van der Waals surface area contributed by atoms with Crippen molar-refractivity contribution in [1.82, 2.24) is 20.4 Å². The minimum absolute atomic E-state index is 0.0688. The summed E-state index contributed by atoms with van der Waals surface area (Å²) < 4.78 is 70.5. The molecular weight excluding hydrogens is 534 g/mol. The zero-order chi connectivity index (χ0) is 29.1. The summed E-state index contributed by atoms with van der Waals surface area (Å²) >= 11 is 0. The minimum Gasteiger partial charge on any atom is -0.493 e. The molecule has 2 heterocycles. The fourth-order valence-electron chi connectivity index (χ4n) is 3.67. The Morgan fingerprint density at radius 2 is 1.82 bits per heavy atom. The SMILES string of the molecule is CNCCOc1cc2nc(-c3ccc(CC(=O)Nc4cc(C(C)(C)C(F)(F)F)on4)c(F)c3)cnc2cc1OC. The molecule has 2 aromatic heterocycles. The summed E-state index contributed by atoms with van der Waals surface area (Å²) in [4.78, 5) is 21.4. The van der Waals surface area contributed by atoms with E-state index in [0.29, 0.717) is 46.9 Å².